The van der Waals surface area contributed by atoms with Gasteiger partial charge in [0, 0.05) is 6.42 Å². The van der Waals surface area contributed by atoms with Crippen LogP contribution in [0.25, 0.3) is 10.8 Å². The highest BCUT2D eigenvalue weighted by Crippen LogP contribution is 2.21. The minimum absolute atomic E-state index is 0.0394. The van der Waals surface area contributed by atoms with Crippen molar-refractivity contribution in [2.75, 3.05) is 0 Å². The van der Waals surface area contributed by atoms with E-state index in [1.54, 1.807) is 0 Å². The summed E-state index contributed by atoms with van der Waals surface area (Å²) in [6, 6.07) is 23.1. The van der Waals surface area contributed by atoms with Gasteiger partial charge < -0.3 is 5.73 Å². The van der Waals surface area contributed by atoms with E-state index >= 15 is 0 Å². The molecule has 1 unspecified atom stereocenters. The number of carbonyl (C=O) groups is 1. The fourth-order valence-electron chi connectivity index (χ4n) is 2.59. The van der Waals surface area contributed by atoms with Crippen LogP contribution in [-0.2, 0) is 11.2 Å². The van der Waals surface area contributed by atoms with Crippen molar-refractivity contribution < 1.29 is 4.79 Å². The van der Waals surface area contributed by atoms with Gasteiger partial charge in [0.25, 0.3) is 0 Å². The Labute approximate surface area is 124 Å². The lowest BCUT2D eigenvalue weighted by atomic mass is 9.95. The van der Waals surface area contributed by atoms with Crippen LogP contribution in [0.3, 0.4) is 0 Å². The molecular weight excluding hydrogens is 258 g/mol. The normalized spacial score (nSPS) is 12.2. The van der Waals surface area contributed by atoms with Gasteiger partial charge in [-0.2, -0.15) is 0 Å². The Bertz CT molecular complexity index is 759. The molecule has 0 saturated heterocycles. The Morgan fingerprint density at radius 2 is 1.52 bits per heavy atom. The van der Waals surface area contributed by atoms with Gasteiger partial charge in [-0.25, -0.2) is 0 Å². The van der Waals surface area contributed by atoms with Crippen molar-refractivity contribution in [2.24, 2.45) is 5.73 Å². The van der Waals surface area contributed by atoms with Crippen molar-refractivity contribution in [3.63, 3.8) is 0 Å². The van der Waals surface area contributed by atoms with Gasteiger partial charge in [0.05, 0.1) is 6.04 Å². The zero-order chi connectivity index (χ0) is 14.7. The van der Waals surface area contributed by atoms with Crippen LogP contribution in [-0.4, -0.2) is 5.78 Å². The first kappa shape index (κ1) is 13.5. The van der Waals surface area contributed by atoms with Crippen molar-refractivity contribution in [3.8, 4) is 0 Å². The van der Waals surface area contributed by atoms with Gasteiger partial charge in [0.2, 0.25) is 0 Å². The molecule has 0 aliphatic rings. The maximum absolute atomic E-state index is 12.4. The molecule has 21 heavy (non-hydrogen) atoms. The second-order valence-electron chi connectivity index (χ2n) is 5.17. The molecule has 3 aromatic carbocycles. The van der Waals surface area contributed by atoms with Crippen LogP contribution >= 0.6 is 0 Å². The van der Waals surface area contributed by atoms with E-state index in [0.717, 1.165) is 21.9 Å². The number of hydrogen-bond acceptors (Lipinski definition) is 2. The van der Waals surface area contributed by atoms with E-state index in [0.29, 0.717) is 6.42 Å². The van der Waals surface area contributed by atoms with Crippen LogP contribution in [0.1, 0.15) is 17.2 Å². The molecular formula is C19H17NO. The lowest BCUT2D eigenvalue weighted by Gasteiger charge is -2.12. The third-order valence-electron chi connectivity index (χ3n) is 3.75. The lowest BCUT2D eigenvalue weighted by Crippen LogP contribution is -2.23. The standard InChI is InChI=1S/C19H17NO/c20-19(15-8-2-1-3-9-15)18(21)13-16-11-6-10-14-7-4-5-12-17(14)16/h1-12,19H,13,20H2. The number of rotatable bonds is 4. The van der Waals surface area contributed by atoms with Crippen molar-refractivity contribution in [2.45, 2.75) is 12.5 Å². The monoisotopic (exact) mass is 275 g/mol. The third-order valence-corrected chi connectivity index (χ3v) is 3.75. The summed E-state index contributed by atoms with van der Waals surface area (Å²) < 4.78 is 0. The molecule has 0 amide bonds. The molecule has 0 bridgehead atoms. The number of hydrogen-bond donors (Lipinski definition) is 1. The average Bonchev–Trinajstić information content (AvgIpc) is 2.55. The van der Waals surface area contributed by atoms with Crippen LogP contribution in [0.4, 0.5) is 0 Å². The Balaban J connectivity index is 1.87. The number of ketones is 1. The highest BCUT2D eigenvalue weighted by atomic mass is 16.1. The minimum atomic E-state index is -0.565. The molecule has 2 N–H and O–H groups in total. The molecule has 3 rings (SSSR count). The van der Waals surface area contributed by atoms with Gasteiger partial charge in [-0.05, 0) is 21.9 Å². The quantitative estimate of drug-likeness (QED) is 0.789. The molecule has 0 aliphatic carbocycles. The summed E-state index contributed by atoms with van der Waals surface area (Å²) >= 11 is 0. The van der Waals surface area contributed by atoms with Gasteiger partial charge in [-0.3, -0.25) is 4.79 Å². The zero-order valence-electron chi connectivity index (χ0n) is 11.7. The molecule has 2 nitrogen and oxygen atoms in total. The molecule has 0 spiro atoms. The smallest absolute Gasteiger partial charge is 0.158 e. The van der Waals surface area contributed by atoms with Gasteiger partial charge in [-0.1, -0.05) is 72.8 Å². The first-order valence-corrected chi connectivity index (χ1v) is 7.05. The van der Waals surface area contributed by atoms with Crippen LogP contribution < -0.4 is 5.73 Å². The Morgan fingerprint density at radius 3 is 2.33 bits per heavy atom. The van der Waals surface area contributed by atoms with E-state index in [-0.39, 0.29) is 5.78 Å². The van der Waals surface area contributed by atoms with Crippen LogP contribution in [0, 0.1) is 0 Å². The maximum Gasteiger partial charge on any atom is 0.158 e. The zero-order valence-corrected chi connectivity index (χ0v) is 11.7. The van der Waals surface area contributed by atoms with Crippen LogP contribution in [0.15, 0.2) is 72.8 Å². The average molecular weight is 275 g/mol. The van der Waals surface area contributed by atoms with Gasteiger partial charge in [-0.15, -0.1) is 0 Å². The van der Waals surface area contributed by atoms with Crippen LogP contribution in [0.2, 0.25) is 0 Å². The van der Waals surface area contributed by atoms with E-state index in [4.69, 9.17) is 5.73 Å². The first-order valence-electron chi connectivity index (χ1n) is 7.05. The number of fused-ring (bicyclic) bond motifs is 1. The minimum Gasteiger partial charge on any atom is -0.318 e. The topological polar surface area (TPSA) is 43.1 Å². The molecule has 0 heterocycles. The third kappa shape index (κ3) is 2.86. The molecule has 0 aliphatic heterocycles. The van der Waals surface area contributed by atoms with Gasteiger partial charge >= 0.3 is 0 Å². The Hall–Kier alpha value is -2.45. The fourth-order valence-corrected chi connectivity index (χ4v) is 2.59. The number of nitrogens with two attached hydrogens (primary N) is 1. The summed E-state index contributed by atoms with van der Waals surface area (Å²) in [5, 5.41) is 2.27. The molecule has 2 heteroatoms. The molecule has 0 fully saturated rings. The van der Waals surface area contributed by atoms with E-state index in [1.807, 2.05) is 60.7 Å². The predicted octanol–water partition coefficient (Wildman–Crippen LogP) is 3.65. The summed E-state index contributed by atoms with van der Waals surface area (Å²) in [6.07, 6.45) is 0.359. The SMILES string of the molecule is NC(C(=O)Cc1cccc2ccccc12)c1ccccc1. The number of carbonyl (C=O) groups excluding carboxylic acids is 1. The highest BCUT2D eigenvalue weighted by Gasteiger charge is 2.16. The van der Waals surface area contributed by atoms with Gasteiger partial charge in [0.15, 0.2) is 5.78 Å². The second kappa shape index (κ2) is 5.90. The predicted molar refractivity (Wildman–Crippen MR) is 86.0 cm³/mol. The highest BCUT2D eigenvalue weighted by molar-refractivity contribution is 5.93. The largest absolute Gasteiger partial charge is 0.318 e. The summed E-state index contributed by atoms with van der Waals surface area (Å²) in [4.78, 5) is 12.4. The van der Waals surface area contributed by atoms with Crippen molar-refractivity contribution in [3.05, 3.63) is 83.9 Å². The van der Waals surface area contributed by atoms with Crippen molar-refractivity contribution in [1.82, 2.24) is 0 Å². The van der Waals surface area contributed by atoms with Crippen LogP contribution in [0.5, 0.6) is 0 Å². The fraction of sp³-hybridized carbons (Fsp3) is 0.105. The number of Topliss-reactive ketones (excluding diaryl/α,β-unsaturated/α-hetero) is 1. The maximum atomic E-state index is 12.4. The van der Waals surface area contributed by atoms with E-state index in [9.17, 15) is 4.79 Å². The molecule has 104 valence electrons. The Morgan fingerprint density at radius 1 is 0.857 bits per heavy atom. The summed E-state index contributed by atoms with van der Waals surface area (Å²) in [5.74, 6) is 0.0394. The molecule has 0 aromatic heterocycles. The van der Waals surface area contributed by atoms with Crippen molar-refractivity contribution in [1.29, 1.82) is 0 Å². The van der Waals surface area contributed by atoms with Gasteiger partial charge in [0.1, 0.15) is 0 Å². The van der Waals surface area contributed by atoms with E-state index in [2.05, 4.69) is 12.1 Å². The lowest BCUT2D eigenvalue weighted by molar-refractivity contribution is -0.119. The Kier molecular flexibility index (Phi) is 3.80. The van der Waals surface area contributed by atoms with E-state index < -0.39 is 6.04 Å². The molecule has 3 aromatic rings. The van der Waals surface area contributed by atoms with Crippen molar-refractivity contribution >= 4 is 16.6 Å². The molecule has 0 radical (unpaired) electrons. The van der Waals surface area contributed by atoms with E-state index in [1.165, 1.54) is 0 Å². The number of benzene rings is 3. The molecule has 1 atom stereocenters. The molecule has 0 saturated carbocycles. The first-order chi connectivity index (χ1) is 10.3. The summed E-state index contributed by atoms with van der Waals surface area (Å²) in [5.41, 5.74) is 7.98. The second-order valence-corrected chi connectivity index (χ2v) is 5.17. The summed E-state index contributed by atoms with van der Waals surface area (Å²) in [7, 11) is 0. The summed E-state index contributed by atoms with van der Waals surface area (Å²) in [6.45, 7) is 0.